The smallest absolute Gasteiger partial charge is 0.299 e. The van der Waals surface area contributed by atoms with Crippen molar-refractivity contribution in [1.82, 2.24) is 14.7 Å². The molecular weight excluding hydrogens is 262 g/mol. The van der Waals surface area contributed by atoms with Crippen molar-refractivity contribution in [3.8, 4) is 17.5 Å². The molecule has 4 heteroatoms. The van der Waals surface area contributed by atoms with Gasteiger partial charge in [-0.3, -0.25) is 4.79 Å². The van der Waals surface area contributed by atoms with Crippen molar-refractivity contribution in [3.05, 3.63) is 48.3 Å². The number of nitrogens with zero attached hydrogens (tertiary/aromatic N) is 3. The van der Waals surface area contributed by atoms with Gasteiger partial charge in [0.2, 0.25) is 0 Å². The number of carbonyl (C=O) groups is 1. The van der Waals surface area contributed by atoms with E-state index >= 15 is 0 Å². The van der Waals surface area contributed by atoms with Crippen LogP contribution in [0.4, 0.5) is 0 Å². The van der Waals surface area contributed by atoms with E-state index in [1.807, 2.05) is 46.1 Å². The Balaban J connectivity index is 1.74. The van der Waals surface area contributed by atoms with Gasteiger partial charge in [-0.25, -0.2) is 4.68 Å². The van der Waals surface area contributed by atoms with Gasteiger partial charge in [0.1, 0.15) is 0 Å². The molecule has 0 bridgehead atoms. The van der Waals surface area contributed by atoms with E-state index in [0.717, 1.165) is 24.1 Å². The third-order valence-corrected chi connectivity index (χ3v) is 3.54. The Morgan fingerprint density at radius 1 is 1.38 bits per heavy atom. The average Bonchev–Trinajstić information content (AvgIpc) is 3.19. The molecular formula is C17H17N3O. The highest BCUT2D eigenvalue weighted by Crippen LogP contribution is 2.28. The Kier molecular flexibility index (Phi) is 3.74. The van der Waals surface area contributed by atoms with Crippen LogP contribution in [0.5, 0.6) is 0 Å². The van der Waals surface area contributed by atoms with Crippen LogP contribution >= 0.6 is 0 Å². The minimum Gasteiger partial charge on any atom is -0.325 e. The van der Waals surface area contributed by atoms with Crippen molar-refractivity contribution >= 4 is 5.91 Å². The summed E-state index contributed by atoms with van der Waals surface area (Å²) in [5, 5.41) is 4.20. The number of carbonyl (C=O) groups excluding carboxylic acids is 1. The Hall–Kier alpha value is -2.54. The Morgan fingerprint density at radius 2 is 2.14 bits per heavy atom. The molecule has 0 unspecified atom stereocenters. The van der Waals surface area contributed by atoms with E-state index in [1.165, 1.54) is 0 Å². The first kappa shape index (κ1) is 13.4. The molecule has 1 heterocycles. The zero-order chi connectivity index (χ0) is 14.7. The van der Waals surface area contributed by atoms with Gasteiger partial charge >= 0.3 is 0 Å². The average molecular weight is 279 g/mol. The molecule has 1 aromatic carbocycles. The summed E-state index contributed by atoms with van der Waals surface area (Å²) in [7, 11) is 0. The van der Waals surface area contributed by atoms with Crippen molar-refractivity contribution in [2.45, 2.75) is 32.4 Å². The van der Waals surface area contributed by atoms with E-state index in [0.29, 0.717) is 12.6 Å². The summed E-state index contributed by atoms with van der Waals surface area (Å²) in [5.41, 5.74) is 2.13. The van der Waals surface area contributed by atoms with Crippen LogP contribution in [-0.4, -0.2) is 26.6 Å². The predicted molar refractivity (Wildman–Crippen MR) is 80.6 cm³/mol. The molecule has 1 fully saturated rings. The van der Waals surface area contributed by atoms with Crippen LogP contribution < -0.4 is 0 Å². The second-order valence-electron chi connectivity index (χ2n) is 5.16. The van der Waals surface area contributed by atoms with E-state index < -0.39 is 0 Å². The molecule has 2 aromatic rings. The minimum absolute atomic E-state index is 0.0730. The third kappa shape index (κ3) is 3.14. The van der Waals surface area contributed by atoms with E-state index in [9.17, 15) is 4.79 Å². The van der Waals surface area contributed by atoms with Crippen LogP contribution in [0.2, 0.25) is 0 Å². The van der Waals surface area contributed by atoms with E-state index in [-0.39, 0.29) is 5.91 Å². The van der Waals surface area contributed by atoms with Crippen LogP contribution in [0.1, 0.15) is 25.3 Å². The van der Waals surface area contributed by atoms with Gasteiger partial charge < -0.3 is 4.90 Å². The van der Waals surface area contributed by atoms with Crippen LogP contribution in [0, 0.1) is 11.8 Å². The summed E-state index contributed by atoms with van der Waals surface area (Å²) in [6.45, 7) is 2.32. The standard InChI is InChI=1S/C17H17N3O/c1-2-4-17(21)19(15-9-10-15)13-14-5-7-16(8-6-14)20-12-3-11-18-20/h3,5-8,11-12,15H,9-10,13H2,1H3. The van der Waals surface area contributed by atoms with E-state index in [1.54, 1.807) is 13.1 Å². The van der Waals surface area contributed by atoms with Crippen LogP contribution in [0.25, 0.3) is 5.69 Å². The second kappa shape index (κ2) is 5.84. The molecule has 0 saturated heterocycles. The number of hydrogen-bond donors (Lipinski definition) is 0. The highest BCUT2D eigenvalue weighted by atomic mass is 16.2. The molecule has 106 valence electrons. The predicted octanol–water partition coefficient (Wildman–Crippen LogP) is 2.39. The fraction of sp³-hybridized carbons (Fsp3) is 0.294. The second-order valence-corrected chi connectivity index (χ2v) is 5.16. The molecule has 0 N–H and O–H groups in total. The summed E-state index contributed by atoms with van der Waals surface area (Å²) in [6, 6.07) is 10.4. The maximum absolute atomic E-state index is 12.0. The lowest BCUT2D eigenvalue weighted by Crippen LogP contribution is -2.31. The minimum atomic E-state index is -0.0730. The molecule has 3 rings (SSSR count). The number of hydrogen-bond acceptors (Lipinski definition) is 2. The topological polar surface area (TPSA) is 38.1 Å². The van der Waals surface area contributed by atoms with Crippen molar-refractivity contribution in [1.29, 1.82) is 0 Å². The number of amides is 1. The van der Waals surface area contributed by atoms with Crippen LogP contribution in [0.3, 0.4) is 0 Å². The van der Waals surface area contributed by atoms with Gasteiger partial charge in [0, 0.05) is 25.0 Å². The number of rotatable bonds is 4. The van der Waals surface area contributed by atoms with Gasteiger partial charge in [-0.05, 0) is 49.4 Å². The number of aromatic nitrogens is 2. The van der Waals surface area contributed by atoms with E-state index in [2.05, 4.69) is 16.9 Å². The first-order valence-corrected chi connectivity index (χ1v) is 7.10. The largest absolute Gasteiger partial charge is 0.325 e. The molecule has 1 saturated carbocycles. The van der Waals surface area contributed by atoms with Crippen LogP contribution in [-0.2, 0) is 11.3 Å². The molecule has 1 amide bonds. The van der Waals surface area contributed by atoms with Gasteiger partial charge in [-0.1, -0.05) is 18.1 Å². The molecule has 21 heavy (non-hydrogen) atoms. The highest BCUT2D eigenvalue weighted by Gasteiger charge is 2.31. The lowest BCUT2D eigenvalue weighted by Gasteiger charge is -2.19. The van der Waals surface area contributed by atoms with Gasteiger partial charge in [-0.15, -0.1) is 0 Å². The Morgan fingerprint density at radius 3 is 2.71 bits per heavy atom. The molecule has 1 aromatic heterocycles. The Bertz CT molecular complexity index is 673. The quantitative estimate of drug-likeness (QED) is 0.806. The lowest BCUT2D eigenvalue weighted by atomic mass is 10.2. The van der Waals surface area contributed by atoms with Gasteiger partial charge in [0.15, 0.2) is 0 Å². The van der Waals surface area contributed by atoms with E-state index in [4.69, 9.17) is 0 Å². The fourth-order valence-electron chi connectivity index (χ4n) is 2.30. The first-order valence-electron chi connectivity index (χ1n) is 7.10. The highest BCUT2D eigenvalue weighted by molar-refractivity contribution is 5.93. The maximum atomic E-state index is 12.0. The summed E-state index contributed by atoms with van der Waals surface area (Å²) in [5.74, 6) is 5.26. The molecule has 0 spiro atoms. The zero-order valence-electron chi connectivity index (χ0n) is 12.0. The van der Waals surface area contributed by atoms with Gasteiger partial charge in [-0.2, -0.15) is 5.10 Å². The zero-order valence-corrected chi connectivity index (χ0v) is 12.0. The monoisotopic (exact) mass is 279 g/mol. The fourth-order valence-corrected chi connectivity index (χ4v) is 2.30. The number of benzene rings is 1. The van der Waals surface area contributed by atoms with Crippen molar-refractivity contribution < 1.29 is 4.79 Å². The maximum Gasteiger partial charge on any atom is 0.299 e. The van der Waals surface area contributed by atoms with Crippen LogP contribution in [0.15, 0.2) is 42.7 Å². The van der Waals surface area contributed by atoms with Gasteiger partial charge in [0.25, 0.3) is 5.91 Å². The Labute approximate surface area is 124 Å². The molecule has 1 aliphatic carbocycles. The molecule has 4 nitrogen and oxygen atoms in total. The third-order valence-electron chi connectivity index (χ3n) is 3.54. The lowest BCUT2D eigenvalue weighted by molar-refractivity contribution is -0.126. The normalized spacial score (nSPS) is 13.4. The summed E-state index contributed by atoms with van der Waals surface area (Å²) >= 11 is 0. The van der Waals surface area contributed by atoms with Crippen molar-refractivity contribution in [3.63, 3.8) is 0 Å². The summed E-state index contributed by atoms with van der Waals surface area (Å²) in [6.07, 6.45) is 5.84. The van der Waals surface area contributed by atoms with Gasteiger partial charge in [0.05, 0.1) is 5.69 Å². The summed E-state index contributed by atoms with van der Waals surface area (Å²) < 4.78 is 1.82. The van der Waals surface area contributed by atoms with Crippen molar-refractivity contribution in [2.24, 2.45) is 0 Å². The van der Waals surface area contributed by atoms with Crippen molar-refractivity contribution in [2.75, 3.05) is 0 Å². The molecule has 0 atom stereocenters. The molecule has 0 aliphatic heterocycles. The summed E-state index contributed by atoms with van der Waals surface area (Å²) in [4.78, 5) is 13.9. The molecule has 1 aliphatic rings. The SMILES string of the molecule is CC#CC(=O)N(Cc1ccc(-n2cccn2)cc1)C1CC1. The first-order chi connectivity index (χ1) is 10.3. The molecule has 0 radical (unpaired) electrons.